The number of carbonyl (C=O) groups excluding carboxylic acids is 1. The lowest BCUT2D eigenvalue weighted by Crippen LogP contribution is -2.44. The van der Waals surface area contributed by atoms with Crippen molar-refractivity contribution in [2.75, 3.05) is 13.2 Å². The lowest BCUT2D eigenvalue weighted by atomic mass is 10.1. The number of fused-ring (bicyclic) bond motifs is 1. The van der Waals surface area contributed by atoms with Crippen LogP contribution in [0.25, 0.3) is 0 Å². The average molecular weight is 293 g/mol. The molecule has 2 heterocycles. The predicted octanol–water partition coefficient (Wildman–Crippen LogP) is 0.870. The number of amides is 1. The molecule has 0 fully saturated rings. The smallest absolute Gasteiger partial charge is 0.256 e. The van der Waals surface area contributed by atoms with Gasteiger partial charge in [-0.15, -0.1) is 0 Å². The first kappa shape index (κ1) is 15.7. The van der Waals surface area contributed by atoms with Gasteiger partial charge in [-0.3, -0.25) is 9.59 Å². The van der Waals surface area contributed by atoms with Crippen LogP contribution in [0.1, 0.15) is 37.9 Å². The number of rotatable bonds is 5. The summed E-state index contributed by atoms with van der Waals surface area (Å²) in [6.07, 6.45) is 3.63. The van der Waals surface area contributed by atoms with Gasteiger partial charge >= 0.3 is 0 Å². The molecule has 0 radical (unpaired) electrons. The van der Waals surface area contributed by atoms with Crippen LogP contribution < -0.4 is 5.56 Å². The second-order valence-electron chi connectivity index (χ2n) is 5.46. The zero-order valence-electron chi connectivity index (χ0n) is 13.0. The molecule has 2 rings (SSSR count). The molecule has 0 bridgehead atoms. The van der Waals surface area contributed by atoms with E-state index in [-0.39, 0.29) is 11.5 Å². The standard InChI is InChI=1S/C15H23N3O3/c1-4-5-8-21-11(2)14(19)18-7-6-12-13(9-18)16-10-17(3)15(12)20/h10-11H,4-9H2,1-3H3/t11-/m1/s1. The maximum Gasteiger partial charge on any atom is 0.256 e. The third kappa shape index (κ3) is 3.50. The van der Waals surface area contributed by atoms with Crippen LogP contribution in [-0.2, 0) is 29.5 Å². The third-order valence-electron chi connectivity index (χ3n) is 3.81. The van der Waals surface area contributed by atoms with Crippen molar-refractivity contribution in [1.82, 2.24) is 14.5 Å². The van der Waals surface area contributed by atoms with Crippen molar-refractivity contribution < 1.29 is 9.53 Å². The van der Waals surface area contributed by atoms with Crippen LogP contribution in [0.15, 0.2) is 11.1 Å². The fourth-order valence-electron chi connectivity index (χ4n) is 2.44. The van der Waals surface area contributed by atoms with Gasteiger partial charge in [0.2, 0.25) is 0 Å². The highest BCUT2D eigenvalue weighted by Gasteiger charge is 2.27. The molecule has 0 aromatic carbocycles. The van der Waals surface area contributed by atoms with Crippen LogP contribution in [0.2, 0.25) is 0 Å². The zero-order chi connectivity index (χ0) is 15.4. The zero-order valence-corrected chi connectivity index (χ0v) is 13.0. The molecule has 1 aromatic heterocycles. The van der Waals surface area contributed by atoms with Crippen molar-refractivity contribution in [2.45, 2.75) is 45.8 Å². The Morgan fingerprint density at radius 2 is 2.29 bits per heavy atom. The maximum absolute atomic E-state index is 12.3. The Balaban J connectivity index is 2.02. The average Bonchev–Trinajstić information content (AvgIpc) is 2.50. The van der Waals surface area contributed by atoms with Gasteiger partial charge in [0.15, 0.2) is 0 Å². The van der Waals surface area contributed by atoms with Gasteiger partial charge < -0.3 is 14.2 Å². The van der Waals surface area contributed by atoms with Crippen molar-refractivity contribution in [3.05, 3.63) is 27.9 Å². The van der Waals surface area contributed by atoms with E-state index in [1.165, 1.54) is 10.9 Å². The highest BCUT2D eigenvalue weighted by Crippen LogP contribution is 2.15. The first-order valence-electron chi connectivity index (χ1n) is 7.48. The molecule has 0 saturated heterocycles. The molecule has 1 atom stereocenters. The molecule has 1 amide bonds. The molecular formula is C15H23N3O3. The Kier molecular flexibility index (Phi) is 5.12. The van der Waals surface area contributed by atoms with Gasteiger partial charge in [-0.05, 0) is 19.8 Å². The summed E-state index contributed by atoms with van der Waals surface area (Å²) in [6.45, 7) is 5.42. The molecule has 1 aromatic rings. The number of hydrogen-bond donors (Lipinski definition) is 0. The van der Waals surface area contributed by atoms with E-state index in [9.17, 15) is 9.59 Å². The Hall–Kier alpha value is -1.69. The molecule has 0 aliphatic carbocycles. The van der Waals surface area contributed by atoms with E-state index in [4.69, 9.17) is 4.74 Å². The van der Waals surface area contributed by atoms with Crippen molar-refractivity contribution in [2.24, 2.45) is 7.05 Å². The normalized spacial score (nSPS) is 15.7. The molecule has 0 saturated carbocycles. The Bertz CT molecular complexity index is 568. The molecule has 116 valence electrons. The molecule has 1 aliphatic rings. The van der Waals surface area contributed by atoms with E-state index < -0.39 is 6.10 Å². The molecular weight excluding hydrogens is 270 g/mol. The number of nitrogens with zero attached hydrogens (tertiary/aromatic N) is 3. The molecule has 6 nitrogen and oxygen atoms in total. The maximum atomic E-state index is 12.3. The van der Waals surface area contributed by atoms with Crippen molar-refractivity contribution >= 4 is 5.91 Å². The summed E-state index contributed by atoms with van der Waals surface area (Å²) in [4.78, 5) is 30.3. The first-order chi connectivity index (χ1) is 10.0. The van der Waals surface area contributed by atoms with Gasteiger partial charge in [0.1, 0.15) is 6.10 Å². The molecule has 6 heteroatoms. The van der Waals surface area contributed by atoms with E-state index in [0.29, 0.717) is 31.8 Å². The van der Waals surface area contributed by atoms with Crippen molar-refractivity contribution in [1.29, 1.82) is 0 Å². The van der Waals surface area contributed by atoms with E-state index in [1.54, 1.807) is 18.9 Å². The first-order valence-corrected chi connectivity index (χ1v) is 7.48. The van der Waals surface area contributed by atoms with Gasteiger partial charge in [-0.2, -0.15) is 0 Å². The summed E-state index contributed by atoms with van der Waals surface area (Å²) < 4.78 is 7.03. The number of unbranched alkanes of at least 4 members (excludes halogenated alkanes) is 1. The van der Waals surface area contributed by atoms with Gasteiger partial charge in [-0.25, -0.2) is 4.98 Å². The van der Waals surface area contributed by atoms with E-state index in [2.05, 4.69) is 11.9 Å². The Morgan fingerprint density at radius 3 is 3.00 bits per heavy atom. The second-order valence-corrected chi connectivity index (χ2v) is 5.46. The van der Waals surface area contributed by atoms with Gasteiger partial charge in [-0.1, -0.05) is 13.3 Å². The summed E-state index contributed by atoms with van der Waals surface area (Å²) in [5, 5.41) is 0. The van der Waals surface area contributed by atoms with Crippen molar-refractivity contribution in [3.63, 3.8) is 0 Å². The summed E-state index contributed by atoms with van der Waals surface area (Å²) in [5.74, 6) is -0.0285. The summed E-state index contributed by atoms with van der Waals surface area (Å²) in [7, 11) is 1.69. The van der Waals surface area contributed by atoms with Crippen LogP contribution in [-0.4, -0.2) is 39.6 Å². The highest BCUT2D eigenvalue weighted by molar-refractivity contribution is 5.80. The Morgan fingerprint density at radius 1 is 1.52 bits per heavy atom. The topological polar surface area (TPSA) is 64.4 Å². The summed E-state index contributed by atoms with van der Waals surface area (Å²) in [6, 6.07) is 0. The minimum Gasteiger partial charge on any atom is -0.369 e. The van der Waals surface area contributed by atoms with E-state index >= 15 is 0 Å². The largest absolute Gasteiger partial charge is 0.369 e. The molecule has 21 heavy (non-hydrogen) atoms. The minimum absolute atomic E-state index is 0.0145. The minimum atomic E-state index is -0.440. The predicted molar refractivity (Wildman–Crippen MR) is 78.9 cm³/mol. The number of aromatic nitrogens is 2. The lowest BCUT2D eigenvalue weighted by Gasteiger charge is -2.30. The molecule has 0 N–H and O–H groups in total. The van der Waals surface area contributed by atoms with Crippen LogP contribution in [0.5, 0.6) is 0 Å². The monoisotopic (exact) mass is 293 g/mol. The summed E-state index contributed by atoms with van der Waals surface area (Å²) in [5.41, 5.74) is 1.42. The van der Waals surface area contributed by atoms with Gasteiger partial charge in [0.25, 0.3) is 11.5 Å². The number of carbonyl (C=O) groups is 1. The summed E-state index contributed by atoms with van der Waals surface area (Å²) >= 11 is 0. The van der Waals surface area contributed by atoms with E-state index in [0.717, 1.165) is 18.4 Å². The van der Waals surface area contributed by atoms with Gasteiger partial charge in [0.05, 0.1) is 18.6 Å². The van der Waals surface area contributed by atoms with Crippen LogP contribution in [0.4, 0.5) is 0 Å². The quantitative estimate of drug-likeness (QED) is 0.756. The van der Waals surface area contributed by atoms with Crippen LogP contribution in [0, 0.1) is 0 Å². The SMILES string of the molecule is CCCCO[C@H](C)C(=O)N1CCc2c(ncn(C)c2=O)C1. The second kappa shape index (κ2) is 6.85. The van der Waals surface area contributed by atoms with Crippen molar-refractivity contribution in [3.8, 4) is 0 Å². The number of aryl methyl sites for hydroxylation is 1. The molecule has 1 aliphatic heterocycles. The number of hydrogen-bond acceptors (Lipinski definition) is 4. The lowest BCUT2D eigenvalue weighted by molar-refractivity contribution is -0.143. The highest BCUT2D eigenvalue weighted by atomic mass is 16.5. The third-order valence-corrected chi connectivity index (χ3v) is 3.81. The van der Waals surface area contributed by atoms with Gasteiger partial charge in [0, 0.05) is 25.8 Å². The fourth-order valence-corrected chi connectivity index (χ4v) is 2.44. The Labute approximate surface area is 124 Å². The molecule has 0 unspecified atom stereocenters. The number of ether oxygens (including phenoxy) is 1. The van der Waals surface area contributed by atoms with Crippen LogP contribution >= 0.6 is 0 Å². The van der Waals surface area contributed by atoms with E-state index in [1.807, 2.05) is 0 Å². The van der Waals surface area contributed by atoms with Crippen LogP contribution in [0.3, 0.4) is 0 Å². The molecule has 0 spiro atoms. The fraction of sp³-hybridized carbons (Fsp3) is 0.667.